The van der Waals surface area contributed by atoms with Gasteiger partial charge in [0.1, 0.15) is 0 Å². The summed E-state index contributed by atoms with van der Waals surface area (Å²) < 4.78 is 5.32. The molecule has 0 saturated heterocycles. The molecule has 88 valence electrons. The van der Waals surface area contributed by atoms with Gasteiger partial charge in [-0.05, 0) is 18.8 Å². The fourth-order valence-electron chi connectivity index (χ4n) is 2.12. The Hall–Kier alpha value is -0.570. The summed E-state index contributed by atoms with van der Waals surface area (Å²) in [5, 5.41) is 0. The highest BCUT2D eigenvalue weighted by Crippen LogP contribution is 2.36. The maximum absolute atomic E-state index is 12.0. The molecule has 1 rings (SSSR count). The maximum atomic E-state index is 12.0. The molecule has 0 heterocycles. The van der Waals surface area contributed by atoms with Crippen LogP contribution in [-0.4, -0.2) is 19.1 Å². The Balaban J connectivity index is 2.52. The quantitative estimate of drug-likeness (QED) is 0.727. The summed E-state index contributed by atoms with van der Waals surface area (Å²) in [6, 6.07) is 0. The van der Waals surface area contributed by atoms with Crippen LogP contribution in [0.15, 0.2) is 0 Å². The van der Waals surface area contributed by atoms with E-state index in [-0.39, 0.29) is 11.4 Å². The van der Waals surface area contributed by atoms with Crippen molar-refractivity contribution in [2.24, 2.45) is 17.1 Å². The molecule has 15 heavy (non-hydrogen) atoms. The molecule has 3 heteroatoms. The fourth-order valence-corrected chi connectivity index (χ4v) is 2.12. The summed E-state index contributed by atoms with van der Waals surface area (Å²) in [7, 11) is 0. The number of nitrogens with two attached hydrogens (primary N) is 1. The SMILES string of the molecule is CC(C)COC(=O)C1(CN)CCCCC1. The van der Waals surface area contributed by atoms with Crippen molar-refractivity contribution < 1.29 is 9.53 Å². The Bertz CT molecular complexity index is 208. The average molecular weight is 213 g/mol. The highest BCUT2D eigenvalue weighted by molar-refractivity contribution is 5.77. The first-order valence-electron chi connectivity index (χ1n) is 5.98. The van der Waals surface area contributed by atoms with Gasteiger partial charge in [0.2, 0.25) is 0 Å². The highest BCUT2D eigenvalue weighted by Gasteiger charge is 2.39. The number of carbonyl (C=O) groups excluding carboxylic acids is 1. The number of hydrogen-bond acceptors (Lipinski definition) is 3. The smallest absolute Gasteiger partial charge is 0.313 e. The van der Waals surface area contributed by atoms with E-state index in [4.69, 9.17) is 10.5 Å². The van der Waals surface area contributed by atoms with Crippen LogP contribution in [-0.2, 0) is 9.53 Å². The Labute approximate surface area is 92.4 Å². The molecule has 2 N–H and O–H groups in total. The number of esters is 1. The van der Waals surface area contributed by atoms with Gasteiger partial charge < -0.3 is 10.5 Å². The van der Waals surface area contributed by atoms with Gasteiger partial charge in [0.05, 0.1) is 12.0 Å². The van der Waals surface area contributed by atoms with E-state index in [1.807, 2.05) is 13.8 Å². The zero-order valence-electron chi connectivity index (χ0n) is 9.92. The molecular formula is C12H23NO2. The van der Waals surface area contributed by atoms with E-state index < -0.39 is 0 Å². The van der Waals surface area contributed by atoms with Crippen LogP contribution in [0.3, 0.4) is 0 Å². The molecule has 0 amide bonds. The van der Waals surface area contributed by atoms with Crippen LogP contribution in [0.25, 0.3) is 0 Å². The lowest BCUT2D eigenvalue weighted by Crippen LogP contribution is -2.42. The molecule has 0 atom stereocenters. The second-order valence-electron chi connectivity index (χ2n) is 5.04. The minimum absolute atomic E-state index is 0.0709. The van der Waals surface area contributed by atoms with Crippen LogP contribution >= 0.6 is 0 Å². The summed E-state index contributed by atoms with van der Waals surface area (Å²) in [4.78, 5) is 12.0. The first kappa shape index (κ1) is 12.5. The molecule has 0 unspecified atom stereocenters. The summed E-state index contributed by atoms with van der Waals surface area (Å²) in [6.07, 6.45) is 5.24. The second kappa shape index (κ2) is 5.50. The van der Waals surface area contributed by atoms with Gasteiger partial charge in [0, 0.05) is 6.54 Å². The summed E-state index contributed by atoms with van der Waals surface area (Å²) in [5.74, 6) is 0.325. The predicted molar refractivity (Wildman–Crippen MR) is 60.4 cm³/mol. The van der Waals surface area contributed by atoms with E-state index in [1.165, 1.54) is 6.42 Å². The van der Waals surface area contributed by atoms with Gasteiger partial charge in [0.15, 0.2) is 0 Å². The zero-order valence-corrected chi connectivity index (χ0v) is 9.92. The predicted octanol–water partition coefficient (Wildman–Crippen LogP) is 2.09. The monoisotopic (exact) mass is 213 g/mol. The van der Waals surface area contributed by atoms with Crippen LogP contribution in [0.5, 0.6) is 0 Å². The van der Waals surface area contributed by atoms with Gasteiger partial charge >= 0.3 is 5.97 Å². The van der Waals surface area contributed by atoms with E-state index in [0.29, 0.717) is 19.1 Å². The van der Waals surface area contributed by atoms with Crippen molar-refractivity contribution in [3.8, 4) is 0 Å². The largest absolute Gasteiger partial charge is 0.465 e. The highest BCUT2D eigenvalue weighted by atomic mass is 16.5. The van der Waals surface area contributed by atoms with Crippen molar-refractivity contribution in [2.45, 2.75) is 46.0 Å². The van der Waals surface area contributed by atoms with Crippen molar-refractivity contribution in [2.75, 3.05) is 13.2 Å². The van der Waals surface area contributed by atoms with E-state index >= 15 is 0 Å². The molecule has 3 nitrogen and oxygen atoms in total. The van der Waals surface area contributed by atoms with Gasteiger partial charge in [-0.3, -0.25) is 4.79 Å². The molecule has 0 aromatic heterocycles. The van der Waals surface area contributed by atoms with Gasteiger partial charge in [-0.15, -0.1) is 0 Å². The lowest BCUT2D eigenvalue weighted by Gasteiger charge is -2.33. The second-order valence-corrected chi connectivity index (χ2v) is 5.04. The molecule has 1 aliphatic carbocycles. The van der Waals surface area contributed by atoms with E-state index in [9.17, 15) is 4.79 Å². The Kier molecular flexibility index (Phi) is 4.58. The molecule has 0 radical (unpaired) electrons. The third kappa shape index (κ3) is 3.20. The van der Waals surface area contributed by atoms with Crippen LogP contribution in [0, 0.1) is 11.3 Å². The zero-order chi connectivity index (χ0) is 11.3. The van der Waals surface area contributed by atoms with E-state index in [0.717, 1.165) is 25.7 Å². The van der Waals surface area contributed by atoms with Gasteiger partial charge in [-0.1, -0.05) is 33.1 Å². The standard InChI is InChI=1S/C12H23NO2/c1-10(2)8-15-11(14)12(9-13)6-4-3-5-7-12/h10H,3-9,13H2,1-2H3. The lowest BCUT2D eigenvalue weighted by atomic mass is 9.74. The van der Waals surface area contributed by atoms with Crippen molar-refractivity contribution in [1.82, 2.24) is 0 Å². The Morgan fingerprint density at radius 3 is 2.40 bits per heavy atom. The summed E-state index contributed by atoms with van der Waals surface area (Å²) in [5.41, 5.74) is 5.38. The third-order valence-corrected chi connectivity index (χ3v) is 3.18. The number of carbonyl (C=O) groups is 1. The minimum Gasteiger partial charge on any atom is -0.465 e. The molecule has 1 aliphatic rings. The first-order chi connectivity index (χ1) is 7.10. The van der Waals surface area contributed by atoms with Crippen molar-refractivity contribution >= 4 is 5.97 Å². The van der Waals surface area contributed by atoms with Gasteiger partial charge in [0.25, 0.3) is 0 Å². The van der Waals surface area contributed by atoms with Crippen molar-refractivity contribution in [1.29, 1.82) is 0 Å². The lowest BCUT2D eigenvalue weighted by molar-refractivity contribution is -0.158. The van der Waals surface area contributed by atoms with Gasteiger partial charge in [-0.25, -0.2) is 0 Å². The first-order valence-corrected chi connectivity index (χ1v) is 5.98. The molecule has 1 fully saturated rings. The van der Waals surface area contributed by atoms with Gasteiger partial charge in [-0.2, -0.15) is 0 Å². The van der Waals surface area contributed by atoms with Crippen molar-refractivity contribution in [3.63, 3.8) is 0 Å². The van der Waals surface area contributed by atoms with Crippen molar-refractivity contribution in [3.05, 3.63) is 0 Å². The molecule has 0 bridgehead atoms. The Morgan fingerprint density at radius 1 is 1.33 bits per heavy atom. The maximum Gasteiger partial charge on any atom is 0.313 e. The van der Waals surface area contributed by atoms with E-state index in [2.05, 4.69) is 0 Å². The Morgan fingerprint density at radius 2 is 1.93 bits per heavy atom. The minimum atomic E-state index is -0.368. The third-order valence-electron chi connectivity index (χ3n) is 3.18. The molecular weight excluding hydrogens is 190 g/mol. The summed E-state index contributed by atoms with van der Waals surface area (Å²) in [6.45, 7) is 5.04. The number of rotatable bonds is 4. The topological polar surface area (TPSA) is 52.3 Å². The summed E-state index contributed by atoms with van der Waals surface area (Å²) >= 11 is 0. The molecule has 0 aromatic carbocycles. The van der Waals surface area contributed by atoms with Crippen LogP contribution in [0.4, 0.5) is 0 Å². The molecule has 1 saturated carbocycles. The molecule has 0 spiro atoms. The van der Waals surface area contributed by atoms with Crippen LogP contribution in [0.1, 0.15) is 46.0 Å². The average Bonchev–Trinajstić information content (AvgIpc) is 2.26. The molecule has 0 aliphatic heterocycles. The number of ether oxygens (including phenoxy) is 1. The van der Waals surface area contributed by atoms with Crippen LogP contribution in [0.2, 0.25) is 0 Å². The fraction of sp³-hybridized carbons (Fsp3) is 0.917. The van der Waals surface area contributed by atoms with E-state index in [1.54, 1.807) is 0 Å². The van der Waals surface area contributed by atoms with Crippen LogP contribution < -0.4 is 5.73 Å². The molecule has 0 aromatic rings. The number of hydrogen-bond donors (Lipinski definition) is 1. The normalized spacial score (nSPS) is 20.3.